The van der Waals surface area contributed by atoms with Gasteiger partial charge in [-0.05, 0) is 13.3 Å². The van der Waals surface area contributed by atoms with Crippen LogP contribution in [-0.4, -0.2) is 17.8 Å². The molecule has 2 N–H and O–H groups in total. The molecule has 0 aromatic carbocycles. The molecule has 0 unspecified atom stereocenters. The van der Waals surface area contributed by atoms with Gasteiger partial charge in [0.05, 0.1) is 0 Å². The third-order valence-corrected chi connectivity index (χ3v) is 1.54. The Morgan fingerprint density at radius 2 is 1.79 bits per heavy atom. The molecule has 0 radical (unpaired) electrons. The molecule has 5 nitrogen and oxygen atoms in total. The Kier molecular flexibility index (Phi) is 5.21. The molecule has 0 atom stereocenters. The summed E-state index contributed by atoms with van der Waals surface area (Å²) in [5, 5.41) is 3.97. The maximum atomic E-state index is 11.2. The molecule has 0 heterocycles. The molecular weight excluding hydrogens is 184 g/mol. The van der Waals surface area contributed by atoms with Gasteiger partial charge in [0, 0.05) is 12.5 Å². The zero-order valence-corrected chi connectivity index (χ0v) is 8.51. The Balaban J connectivity index is 4.19. The second kappa shape index (κ2) is 5.90. The summed E-state index contributed by atoms with van der Waals surface area (Å²) in [4.78, 5) is 32.6. The van der Waals surface area contributed by atoms with Crippen LogP contribution in [0.25, 0.3) is 0 Å². The van der Waals surface area contributed by atoms with Gasteiger partial charge in [-0.15, -0.1) is 0 Å². The van der Waals surface area contributed by atoms with Gasteiger partial charge < -0.3 is 0 Å². The quantitative estimate of drug-likeness (QED) is 0.642. The standard InChI is InChI=1S/C9H14N2O3/c1-4-7(5-2)8(13)11-9(14)10-6(3)12/h4H,5H2,1-3H3,(H2,10,11,12,13,14). The number of rotatable bonds is 2. The number of hydrogen-bond acceptors (Lipinski definition) is 3. The molecule has 0 aromatic rings. The number of carbonyl (C=O) groups is 3. The van der Waals surface area contributed by atoms with Gasteiger partial charge in [0.15, 0.2) is 0 Å². The summed E-state index contributed by atoms with van der Waals surface area (Å²) in [6.45, 7) is 4.71. The van der Waals surface area contributed by atoms with E-state index in [-0.39, 0.29) is 0 Å². The zero-order valence-electron chi connectivity index (χ0n) is 8.51. The third kappa shape index (κ3) is 4.39. The van der Waals surface area contributed by atoms with Crippen LogP contribution in [0.4, 0.5) is 4.79 Å². The molecule has 78 valence electrons. The maximum absolute atomic E-state index is 11.2. The fourth-order valence-electron chi connectivity index (χ4n) is 0.870. The molecule has 0 saturated carbocycles. The van der Waals surface area contributed by atoms with Crippen LogP contribution in [-0.2, 0) is 9.59 Å². The predicted molar refractivity (Wildman–Crippen MR) is 51.4 cm³/mol. The van der Waals surface area contributed by atoms with E-state index in [2.05, 4.69) is 0 Å². The van der Waals surface area contributed by atoms with E-state index in [1.165, 1.54) is 6.92 Å². The van der Waals surface area contributed by atoms with Crippen molar-refractivity contribution < 1.29 is 14.4 Å². The van der Waals surface area contributed by atoms with E-state index in [9.17, 15) is 14.4 Å². The lowest BCUT2D eigenvalue weighted by molar-refractivity contribution is -0.118. The van der Waals surface area contributed by atoms with Gasteiger partial charge >= 0.3 is 6.03 Å². The highest BCUT2D eigenvalue weighted by Gasteiger charge is 2.10. The van der Waals surface area contributed by atoms with Crippen LogP contribution in [0.2, 0.25) is 0 Å². The summed E-state index contributed by atoms with van der Waals surface area (Å²) in [5.74, 6) is -0.984. The minimum absolute atomic E-state index is 0.478. The summed E-state index contributed by atoms with van der Waals surface area (Å²) in [7, 11) is 0. The van der Waals surface area contributed by atoms with Gasteiger partial charge in [-0.2, -0.15) is 0 Å². The molecule has 0 spiro atoms. The van der Waals surface area contributed by atoms with Crippen molar-refractivity contribution in [1.29, 1.82) is 0 Å². The van der Waals surface area contributed by atoms with Gasteiger partial charge in [-0.3, -0.25) is 20.2 Å². The Bertz CT molecular complexity index is 282. The molecule has 4 amide bonds. The molecule has 0 bridgehead atoms. The zero-order chi connectivity index (χ0) is 11.1. The Hall–Kier alpha value is -1.65. The smallest absolute Gasteiger partial charge is 0.278 e. The van der Waals surface area contributed by atoms with Crippen molar-refractivity contribution >= 4 is 17.8 Å². The Morgan fingerprint density at radius 1 is 1.21 bits per heavy atom. The van der Waals surface area contributed by atoms with E-state index in [1.54, 1.807) is 19.9 Å². The van der Waals surface area contributed by atoms with Crippen LogP contribution in [0.1, 0.15) is 27.2 Å². The highest BCUT2D eigenvalue weighted by Crippen LogP contribution is 1.98. The van der Waals surface area contributed by atoms with Gasteiger partial charge in [-0.25, -0.2) is 4.79 Å². The number of imide groups is 2. The molecular formula is C9H14N2O3. The van der Waals surface area contributed by atoms with E-state index >= 15 is 0 Å². The van der Waals surface area contributed by atoms with Crippen molar-refractivity contribution in [2.45, 2.75) is 27.2 Å². The topological polar surface area (TPSA) is 75.3 Å². The van der Waals surface area contributed by atoms with Crippen molar-refractivity contribution in [2.75, 3.05) is 0 Å². The maximum Gasteiger partial charge on any atom is 0.328 e. The van der Waals surface area contributed by atoms with Crippen molar-refractivity contribution in [2.24, 2.45) is 0 Å². The van der Waals surface area contributed by atoms with Gasteiger partial charge in [0.1, 0.15) is 0 Å². The minimum Gasteiger partial charge on any atom is -0.278 e. The SMILES string of the molecule is CC=C(CC)C(=O)NC(=O)NC(C)=O. The number of nitrogens with one attached hydrogen (secondary N) is 2. The van der Waals surface area contributed by atoms with Crippen LogP contribution in [0.15, 0.2) is 11.6 Å². The van der Waals surface area contributed by atoms with Crippen molar-refractivity contribution in [3.8, 4) is 0 Å². The molecule has 14 heavy (non-hydrogen) atoms. The summed E-state index contributed by atoms with van der Waals surface area (Å²) in [5.41, 5.74) is 0.503. The Morgan fingerprint density at radius 3 is 2.14 bits per heavy atom. The normalized spacial score (nSPS) is 10.6. The number of hydrogen-bond donors (Lipinski definition) is 2. The van der Waals surface area contributed by atoms with E-state index < -0.39 is 17.8 Å². The lowest BCUT2D eigenvalue weighted by Gasteiger charge is -2.04. The second-order valence-corrected chi connectivity index (χ2v) is 2.63. The first kappa shape index (κ1) is 12.3. The highest BCUT2D eigenvalue weighted by molar-refractivity contribution is 6.07. The first-order valence-corrected chi connectivity index (χ1v) is 4.29. The summed E-state index contributed by atoms with van der Waals surface area (Å²) in [6.07, 6.45) is 2.16. The van der Waals surface area contributed by atoms with Gasteiger partial charge in [0.25, 0.3) is 5.91 Å². The van der Waals surface area contributed by atoms with Gasteiger partial charge in [0.2, 0.25) is 5.91 Å². The number of allylic oxidation sites excluding steroid dienone is 1. The molecule has 0 fully saturated rings. The van der Waals surface area contributed by atoms with Crippen molar-refractivity contribution in [3.05, 3.63) is 11.6 Å². The summed E-state index contributed by atoms with van der Waals surface area (Å²) >= 11 is 0. The van der Waals surface area contributed by atoms with Crippen LogP contribution >= 0.6 is 0 Å². The fraction of sp³-hybridized carbons (Fsp3) is 0.444. The fourth-order valence-corrected chi connectivity index (χ4v) is 0.870. The first-order valence-electron chi connectivity index (χ1n) is 4.29. The molecule has 0 aliphatic heterocycles. The van der Waals surface area contributed by atoms with Crippen LogP contribution in [0.5, 0.6) is 0 Å². The van der Waals surface area contributed by atoms with Crippen LogP contribution in [0.3, 0.4) is 0 Å². The molecule has 0 saturated heterocycles. The molecule has 0 aliphatic carbocycles. The average molecular weight is 198 g/mol. The summed E-state index contributed by atoms with van der Waals surface area (Å²) < 4.78 is 0. The van der Waals surface area contributed by atoms with E-state index in [0.29, 0.717) is 12.0 Å². The number of urea groups is 1. The lowest BCUT2D eigenvalue weighted by atomic mass is 10.2. The monoisotopic (exact) mass is 198 g/mol. The minimum atomic E-state index is -0.796. The average Bonchev–Trinajstić information content (AvgIpc) is 2.04. The molecule has 5 heteroatoms. The van der Waals surface area contributed by atoms with Crippen molar-refractivity contribution in [3.63, 3.8) is 0 Å². The predicted octanol–water partition coefficient (Wildman–Crippen LogP) is 0.715. The molecule has 0 aliphatic rings. The number of carbonyl (C=O) groups excluding carboxylic acids is 3. The van der Waals surface area contributed by atoms with Gasteiger partial charge in [-0.1, -0.05) is 13.0 Å². The van der Waals surface area contributed by atoms with E-state index in [0.717, 1.165) is 0 Å². The van der Waals surface area contributed by atoms with E-state index in [1.807, 2.05) is 10.6 Å². The highest BCUT2D eigenvalue weighted by atomic mass is 16.2. The third-order valence-electron chi connectivity index (χ3n) is 1.54. The van der Waals surface area contributed by atoms with E-state index in [4.69, 9.17) is 0 Å². The first-order chi connectivity index (χ1) is 6.51. The van der Waals surface area contributed by atoms with Crippen LogP contribution < -0.4 is 10.6 Å². The van der Waals surface area contributed by atoms with Crippen LogP contribution in [0, 0.1) is 0 Å². The second-order valence-electron chi connectivity index (χ2n) is 2.63. The number of amides is 4. The lowest BCUT2D eigenvalue weighted by Crippen LogP contribution is -2.42. The Labute approximate surface area is 82.6 Å². The largest absolute Gasteiger partial charge is 0.328 e. The molecule has 0 aromatic heterocycles. The van der Waals surface area contributed by atoms with Crippen molar-refractivity contribution in [1.82, 2.24) is 10.6 Å². The molecule has 0 rings (SSSR count). The summed E-state index contributed by atoms with van der Waals surface area (Å²) in [6, 6.07) is -0.796.